The summed E-state index contributed by atoms with van der Waals surface area (Å²) < 4.78 is 38.2. The van der Waals surface area contributed by atoms with Crippen LogP contribution in [0.3, 0.4) is 0 Å². The maximum absolute atomic E-state index is 14.3. The molecule has 2 heterocycles. The lowest BCUT2D eigenvalue weighted by Gasteiger charge is -2.24. The Balaban J connectivity index is 1.58. The zero-order valence-corrected chi connectivity index (χ0v) is 25.4. The first-order chi connectivity index (χ1) is 20.7. The zero-order valence-electron chi connectivity index (χ0n) is 23.9. The average Bonchev–Trinajstić information content (AvgIpc) is 3.30. The summed E-state index contributed by atoms with van der Waals surface area (Å²) in [6.07, 6.45) is 1.71. The zero-order chi connectivity index (χ0) is 30.7. The molecule has 4 aromatic rings. The Morgan fingerprint density at radius 1 is 1.09 bits per heavy atom. The molecule has 0 saturated carbocycles. The summed E-state index contributed by atoms with van der Waals surface area (Å²) >= 11 is 7.37. The molecule has 1 unspecified atom stereocenters. The topological polar surface area (TPSA) is 88.4 Å². The summed E-state index contributed by atoms with van der Waals surface area (Å²) in [5.74, 6) is 0.405. The number of halogens is 2. The number of benzene rings is 3. The molecule has 1 aliphatic heterocycles. The van der Waals surface area contributed by atoms with Gasteiger partial charge in [-0.15, -0.1) is 0 Å². The number of carbonyl (C=O) groups excluding carboxylic acids is 1. The van der Waals surface area contributed by atoms with Crippen LogP contribution in [0.2, 0.25) is 5.02 Å². The molecule has 0 spiro atoms. The lowest BCUT2D eigenvalue weighted by molar-refractivity contribution is -0.139. The number of nitrogens with zero attached hydrogens (tertiary/aromatic N) is 2. The van der Waals surface area contributed by atoms with Crippen molar-refractivity contribution in [2.24, 2.45) is 4.99 Å². The molecule has 0 N–H and O–H groups in total. The summed E-state index contributed by atoms with van der Waals surface area (Å²) in [5, 5.41) is 0.250. The Morgan fingerprint density at radius 2 is 1.86 bits per heavy atom. The highest BCUT2D eigenvalue weighted by Crippen LogP contribution is 2.32. The van der Waals surface area contributed by atoms with Crippen molar-refractivity contribution < 1.29 is 28.1 Å². The molecule has 0 saturated heterocycles. The van der Waals surface area contributed by atoms with Crippen LogP contribution >= 0.6 is 22.9 Å². The van der Waals surface area contributed by atoms with Crippen molar-refractivity contribution in [3.8, 4) is 17.2 Å². The molecule has 11 heteroatoms. The van der Waals surface area contributed by atoms with Crippen LogP contribution in [0.5, 0.6) is 17.2 Å². The highest BCUT2D eigenvalue weighted by atomic mass is 35.5. The van der Waals surface area contributed by atoms with Gasteiger partial charge < -0.3 is 18.9 Å². The molecule has 0 fully saturated rings. The summed E-state index contributed by atoms with van der Waals surface area (Å²) in [4.78, 5) is 32.1. The first kappa shape index (κ1) is 30.1. The number of carbonyl (C=O) groups is 1. The van der Waals surface area contributed by atoms with E-state index in [1.165, 1.54) is 35.1 Å². The van der Waals surface area contributed by atoms with Crippen LogP contribution in [-0.2, 0) is 16.1 Å². The van der Waals surface area contributed by atoms with Crippen molar-refractivity contribution in [3.63, 3.8) is 0 Å². The summed E-state index contributed by atoms with van der Waals surface area (Å²) in [7, 11) is 3.07. The van der Waals surface area contributed by atoms with Crippen LogP contribution in [0.1, 0.15) is 36.6 Å². The third kappa shape index (κ3) is 6.07. The van der Waals surface area contributed by atoms with E-state index in [2.05, 4.69) is 4.99 Å². The van der Waals surface area contributed by atoms with Crippen LogP contribution in [0.4, 0.5) is 4.39 Å². The molecule has 222 valence electrons. The average molecular weight is 623 g/mol. The van der Waals surface area contributed by atoms with E-state index >= 15 is 0 Å². The monoisotopic (exact) mass is 622 g/mol. The normalized spacial score (nSPS) is 14.7. The number of thiazole rings is 1. The van der Waals surface area contributed by atoms with Crippen LogP contribution in [0, 0.1) is 5.82 Å². The number of fused-ring (bicyclic) bond motifs is 1. The molecule has 0 bridgehead atoms. The number of aromatic nitrogens is 1. The Hall–Kier alpha value is -4.41. The van der Waals surface area contributed by atoms with Gasteiger partial charge in [-0.25, -0.2) is 14.2 Å². The third-order valence-electron chi connectivity index (χ3n) is 6.87. The summed E-state index contributed by atoms with van der Waals surface area (Å²) in [6.45, 7) is 3.52. The fraction of sp³-hybridized carbons (Fsp3) is 0.219. The minimum Gasteiger partial charge on any atom is -0.497 e. The first-order valence-corrected chi connectivity index (χ1v) is 14.5. The number of allylic oxidation sites excluding steroid dienone is 1. The van der Waals surface area contributed by atoms with Gasteiger partial charge in [0.25, 0.3) is 5.56 Å². The van der Waals surface area contributed by atoms with Crippen LogP contribution < -0.4 is 29.1 Å². The van der Waals surface area contributed by atoms with E-state index in [1.54, 1.807) is 63.4 Å². The molecule has 0 aliphatic carbocycles. The largest absolute Gasteiger partial charge is 0.497 e. The van der Waals surface area contributed by atoms with E-state index in [-0.39, 0.29) is 34.9 Å². The molecular formula is C32H28ClFN2O6S. The van der Waals surface area contributed by atoms with Gasteiger partial charge in [-0.2, -0.15) is 0 Å². The molecule has 43 heavy (non-hydrogen) atoms. The van der Waals surface area contributed by atoms with Gasteiger partial charge in [0.15, 0.2) is 16.3 Å². The Morgan fingerprint density at radius 3 is 2.53 bits per heavy atom. The molecule has 1 aromatic heterocycles. The third-order valence-corrected chi connectivity index (χ3v) is 8.20. The minimum absolute atomic E-state index is 0.120. The standard InChI is InChI=1S/C32H28ClFN2O6S/c1-5-41-31(38)28-18(2)35-32-36(29(28)20-10-12-21(39-3)13-11-20)30(37)27(43-32)16-19-9-14-25(40-4)26(15-19)42-17-22-23(33)7-6-8-24(22)34/h6-16,29H,5,17H2,1-4H3/b27-16+. The number of esters is 1. The molecule has 3 aromatic carbocycles. The van der Waals surface area contributed by atoms with Crippen LogP contribution in [0.25, 0.3) is 6.08 Å². The maximum Gasteiger partial charge on any atom is 0.338 e. The fourth-order valence-corrected chi connectivity index (χ4v) is 6.02. The van der Waals surface area contributed by atoms with Gasteiger partial charge in [0.05, 0.1) is 47.7 Å². The van der Waals surface area contributed by atoms with Crippen molar-refractivity contribution in [2.45, 2.75) is 26.5 Å². The van der Waals surface area contributed by atoms with Crippen LogP contribution in [-0.4, -0.2) is 31.4 Å². The van der Waals surface area contributed by atoms with E-state index in [9.17, 15) is 14.0 Å². The highest BCUT2D eigenvalue weighted by Gasteiger charge is 2.33. The second-order valence-electron chi connectivity index (χ2n) is 9.47. The Bertz CT molecular complexity index is 1880. The number of hydrogen-bond donors (Lipinski definition) is 0. The molecule has 0 radical (unpaired) electrons. The first-order valence-electron chi connectivity index (χ1n) is 13.3. The SMILES string of the molecule is CCOC(=O)C1=C(C)N=c2s/c(=C/c3ccc(OC)c(OCc4c(F)cccc4Cl)c3)c(=O)n2C1c1ccc(OC)cc1. The van der Waals surface area contributed by atoms with Crippen molar-refractivity contribution >= 4 is 35.0 Å². The minimum atomic E-state index is -0.747. The predicted molar refractivity (Wildman–Crippen MR) is 162 cm³/mol. The molecule has 1 atom stereocenters. The second kappa shape index (κ2) is 12.8. The Kier molecular flexibility index (Phi) is 8.98. The smallest absolute Gasteiger partial charge is 0.338 e. The highest BCUT2D eigenvalue weighted by molar-refractivity contribution is 7.07. The number of ether oxygens (including phenoxy) is 4. The number of rotatable bonds is 9. The quantitative estimate of drug-likeness (QED) is 0.239. The van der Waals surface area contributed by atoms with Gasteiger partial charge >= 0.3 is 5.97 Å². The lowest BCUT2D eigenvalue weighted by Crippen LogP contribution is -2.39. The maximum atomic E-state index is 14.3. The van der Waals surface area contributed by atoms with E-state index < -0.39 is 17.8 Å². The molecular weight excluding hydrogens is 595 g/mol. The van der Waals surface area contributed by atoms with Crippen molar-refractivity contribution in [1.29, 1.82) is 0 Å². The van der Waals surface area contributed by atoms with E-state index in [0.717, 1.165) is 0 Å². The van der Waals surface area contributed by atoms with E-state index in [1.807, 2.05) is 12.1 Å². The van der Waals surface area contributed by atoms with Gasteiger partial charge in [-0.1, -0.05) is 47.2 Å². The van der Waals surface area contributed by atoms with Gasteiger partial charge in [0.1, 0.15) is 18.2 Å². The fourth-order valence-electron chi connectivity index (χ4n) is 4.76. The van der Waals surface area contributed by atoms with Crippen molar-refractivity contribution in [3.05, 3.63) is 119 Å². The molecule has 1 aliphatic rings. The lowest BCUT2D eigenvalue weighted by atomic mass is 9.96. The van der Waals surface area contributed by atoms with Crippen molar-refractivity contribution in [1.82, 2.24) is 4.57 Å². The summed E-state index contributed by atoms with van der Waals surface area (Å²) in [5.41, 5.74) is 2.00. The van der Waals surface area contributed by atoms with E-state index in [0.29, 0.717) is 43.4 Å². The van der Waals surface area contributed by atoms with Gasteiger partial charge in [-0.05, 0) is 67.4 Å². The number of hydrogen-bond acceptors (Lipinski definition) is 8. The molecule has 8 nitrogen and oxygen atoms in total. The predicted octanol–water partition coefficient (Wildman–Crippen LogP) is 5.19. The Labute approximate surface area is 255 Å². The van der Waals surface area contributed by atoms with Gasteiger partial charge in [0, 0.05) is 5.56 Å². The number of methoxy groups -OCH3 is 2. The van der Waals surface area contributed by atoms with Crippen LogP contribution in [0.15, 0.2) is 81.7 Å². The molecule has 5 rings (SSSR count). The van der Waals surface area contributed by atoms with Gasteiger partial charge in [0.2, 0.25) is 0 Å². The van der Waals surface area contributed by atoms with Gasteiger partial charge in [-0.3, -0.25) is 9.36 Å². The second-order valence-corrected chi connectivity index (χ2v) is 10.9. The van der Waals surface area contributed by atoms with E-state index in [4.69, 9.17) is 30.5 Å². The molecule has 0 amide bonds. The summed E-state index contributed by atoms with van der Waals surface area (Å²) in [6, 6.07) is 16.0. The van der Waals surface area contributed by atoms with Crippen molar-refractivity contribution in [2.75, 3.05) is 20.8 Å².